The number of hydrogen-bond donors (Lipinski definition) is 2. The van der Waals surface area contributed by atoms with Gasteiger partial charge >= 0.3 is 0 Å². The summed E-state index contributed by atoms with van der Waals surface area (Å²) in [5.41, 5.74) is 0.556. The first-order valence-electron chi connectivity index (χ1n) is 6.68. The maximum atomic E-state index is 12.1. The van der Waals surface area contributed by atoms with Crippen LogP contribution >= 0.6 is 23.2 Å². The molecule has 6 heteroatoms. The minimum absolute atomic E-state index is 0.0740. The lowest BCUT2D eigenvalue weighted by molar-refractivity contribution is -0.118. The number of nitrogens with one attached hydrogen (secondary N) is 2. The normalized spacial score (nSPS) is 23.6. The van der Waals surface area contributed by atoms with Crippen LogP contribution in [-0.2, 0) is 4.79 Å². The van der Waals surface area contributed by atoms with Crippen LogP contribution in [0.25, 0.3) is 0 Å². The summed E-state index contributed by atoms with van der Waals surface area (Å²) < 4.78 is 0. The number of amides is 1. The third-order valence-corrected chi connectivity index (χ3v) is 4.28. The zero-order valence-electron chi connectivity index (χ0n) is 11.6. The molecule has 20 heavy (non-hydrogen) atoms. The fourth-order valence-electron chi connectivity index (χ4n) is 2.29. The predicted octanol–water partition coefficient (Wildman–Crippen LogP) is 2.61. The number of piperazine rings is 1. The minimum Gasteiger partial charge on any atom is -0.324 e. The highest BCUT2D eigenvalue weighted by Gasteiger charge is 2.24. The number of nitrogens with zero attached hydrogens (tertiary/aromatic N) is 1. The van der Waals surface area contributed by atoms with Gasteiger partial charge in [-0.05, 0) is 26.0 Å². The van der Waals surface area contributed by atoms with E-state index in [2.05, 4.69) is 29.4 Å². The van der Waals surface area contributed by atoms with Gasteiger partial charge in [0.25, 0.3) is 0 Å². The van der Waals surface area contributed by atoms with Gasteiger partial charge in [0.05, 0.1) is 22.3 Å². The zero-order chi connectivity index (χ0) is 14.7. The molecule has 0 aliphatic carbocycles. The molecule has 110 valence electrons. The van der Waals surface area contributed by atoms with Crippen molar-refractivity contribution in [2.75, 3.05) is 25.0 Å². The fraction of sp³-hybridized carbons (Fsp3) is 0.500. The highest BCUT2D eigenvalue weighted by atomic mass is 35.5. The molecule has 1 heterocycles. The van der Waals surface area contributed by atoms with Crippen LogP contribution in [0.5, 0.6) is 0 Å². The molecule has 2 unspecified atom stereocenters. The molecule has 2 N–H and O–H groups in total. The Morgan fingerprint density at radius 3 is 2.95 bits per heavy atom. The van der Waals surface area contributed by atoms with E-state index in [0.717, 1.165) is 13.1 Å². The third-order valence-electron chi connectivity index (χ3n) is 3.47. The Bertz CT molecular complexity index is 495. The zero-order valence-corrected chi connectivity index (χ0v) is 13.1. The number of halogens is 2. The summed E-state index contributed by atoms with van der Waals surface area (Å²) >= 11 is 12.0. The molecule has 1 aromatic carbocycles. The molecule has 1 aromatic rings. The van der Waals surface area contributed by atoms with Crippen LogP contribution in [0.1, 0.15) is 13.8 Å². The van der Waals surface area contributed by atoms with Crippen LogP contribution in [0.4, 0.5) is 5.69 Å². The van der Waals surface area contributed by atoms with Crippen molar-refractivity contribution in [1.82, 2.24) is 10.2 Å². The lowest BCUT2D eigenvalue weighted by Gasteiger charge is -2.36. The molecule has 1 aliphatic rings. The Morgan fingerprint density at radius 1 is 1.45 bits per heavy atom. The molecule has 1 saturated heterocycles. The molecule has 2 atom stereocenters. The van der Waals surface area contributed by atoms with E-state index >= 15 is 0 Å². The maximum absolute atomic E-state index is 12.1. The SMILES string of the molecule is CC1CN(CC(=O)Nc2cccc(Cl)c2Cl)C(C)CN1. The highest BCUT2D eigenvalue weighted by molar-refractivity contribution is 6.43. The molecule has 1 fully saturated rings. The number of carbonyl (C=O) groups excluding carboxylic acids is 1. The summed E-state index contributed by atoms with van der Waals surface area (Å²) in [6.07, 6.45) is 0. The first-order valence-corrected chi connectivity index (χ1v) is 7.44. The van der Waals surface area contributed by atoms with Crippen molar-refractivity contribution in [3.63, 3.8) is 0 Å². The minimum atomic E-state index is -0.0740. The van der Waals surface area contributed by atoms with E-state index < -0.39 is 0 Å². The van der Waals surface area contributed by atoms with Gasteiger partial charge in [0.15, 0.2) is 0 Å². The third kappa shape index (κ3) is 3.85. The smallest absolute Gasteiger partial charge is 0.238 e. The van der Waals surface area contributed by atoms with E-state index in [4.69, 9.17) is 23.2 Å². The second-order valence-corrected chi connectivity index (χ2v) is 6.02. The predicted molar refractivity (Wildman–Crippen MR) is 83.6 cm³/mol. The first kappa shape index (κ1) is 15.6. The molecule has 2 rings (SSSR count). The Labute approximate surface area is 129 Å². The van der Waals surface area contributed by atoms with Crippen LogP contribution in [0.15, 0.2) is 18.2 Å². The van der Waals surface area contributed by atoms with E-state index in [9.17, 15) is 4.79 Å². The van der Waals surface area contributed by atoms with Gasteiger partial charge in [0.2, 0.25) is 5.91 Å². The largest absolute Gasteiger partial charge is 0.324 e. The average molecular weight is 316 g/mol. The van der Waals surface area contributed by atoms with E-state index in [1.165, 1.54) is 0 Å². The number of benzene rings is 1. The van der Waals surface area contributed by atoms with Crippen molar-refractivity contribution in [2.24, 2.45) is 0 Å². The Hall–Kier alpha value is -0.810. The quantitative estimate of drug-likeness (QED) is 0.901. The molecule has 0 saturated carbocycles. The van der Waals surface area contributed by atoms with Crippen LogP contribution in [0.2, 0.25) is 10.0 Å². The van der Waals surface area contributed by atoms with Gasteiger partial charge in [-0.25, -0.2) is 0 Å². The van der Waals surface area contributed by atoms with Crippen molar-refractivity contribution in [1.29, 1.82) is 0 Å². The lowest BCUT2D eigenvalue weighted by atomic mass is 10.1. The number of carbonyl (C=O) groups is 1. The number of anilines is 1. The second kappa shape index (κ2) is 6.76. The van der Waals surface area contributed by atoms with Crippen LogP contribution in [0, 0.1) is 0 Å². The van der Waals surface area contributed by atoms with Crippen molar-refractivity contribution in [3.05, 3.63) is 28.2 Å². The molecule has 0 spiro atoms. The monoisotopic (exact) mass is 315 g/mol. The summed E-state index contributed by atoms with van der Waals surface area (Å²) in [6, 6.07) is 5.94. The van der Waals surface area contributed by atoms with E-state index in [-0.39, 0.29) is 5.91 Å². The molecule has 1 amide bonds. The van der Waals surface area contributed by atoms with Gasteiger partial charge in [-0.1, -0.05) is 29.3 Å². The van der Waals surface area contributed by atoms with Crippen LogP contribution < -0.4 is 10.6 Å². The molecular weight excluding hydrogens is 297 g/mol. The van der Waals surface area contributed by atoms with Crippen molar-refractivity contribution in [3.8, 4) is 0 Å². The van der Waals surface area contributed by atoms with Crippen LogP contribution in [0.3, 0.4) is 0 Å². The van der Waals surface area contributed by atoms with Gasteiger partial charge < -0.3 is 10.6 Å². The topological polar surface area (TPSA) is 44.4 Å². The van der Waals surface area contributed by atoms with Crippen LogP contribution in [-0.4, -0.2) is 42.5 Å². The summed E-state index contributed by atoms with van der Waals surface area (Å²) in [4.78, 5) is 14.3. The Kier molecular flexibility index (Phi) is 5.27. The van der Waals surface area contributed by atoms with E-state index in [1.807, 2.05) is 0 Å². The standard InChI is InChI=1S/C14H19Cl2N3O/c1-9-7-19(10(2)6-17-9)8-13(20)18-12-5-3-4-11(15)14(12)16/h3-5,9-10,17H,6-8H2,1-2H3,(H,18,20). The van der Waals surface area contributed by atoms with Gasteiger partial charge in [0, 0.05) is 25.2 Å². The van der Waals surface area contributed by atoms with Gasteiger partial charge in [-0.3, -0.25) is 9.69 Å². The summed E-state index contributed by atoms with van der Waals surface area (Å²) in [6.45, 7) is 6.34. The number of rotatable bonds is 3. The summed E-state index contributed by atoms with van der Waals surface area (Å²) in [5.74, 6) is -0.0740. The van der Waals surface area contributed by atoms with Gasteiger partial charge in [-0.2, -0.15) is 0 Å². The van der Waals surface area contributed by atoms with Gasteiger partial charge in [-0.15, -0.1) is 0 Å². The molecule has 1 aliphatic heterocycles. The van der Waals surface area contributed by atoms with Crippen molar-refractivity contribution >= 4 is 34.8 Å². The highest BCUT2D eigenvalue weighted by Crippen LogP contribution is 2.29. The second-order valence-electron chi connectivity index (χ2n) is 5.24. The Balaban J connectivity index is 1.96. The molecule has 4 nitrogen and oxygen atoms in total. The Morgan fingerprint density at radius 2 is 2.20 bits per heavy atom. The first-order chi connectivity index (χ1) is 9.47. The lowest BCUT2D eigenvalue weighted by Crippen LogP contribution is -2.55. The molecule has 0 bridgehead atoms. The summed E-state index contributed by atoms with van der Waals surface area (Å²) in [5, 5.41) is 7.02. The van der Waals surface area contributed by atoms with Gasteiger partial charge in [0.1, 0.15) is 0 Å². The molecule has 0 radical (unpaired) electrons. The maximum Gasteiger partial charge on any atom is 0.238 e. The van der Waals surface area contributed by atoms with Crippen molar-refractivity contribution < 1.29 is 4.79 Å². The van der Waals surface area contributed by atoms with E-state index in [1.54, 1.807) is 18.2 Å². The molecule has 0 aromatic heterocycles. The molecular formula is C14H19Cl2N3O. The van der Waals surface area contributed by atoms with E-state index in [0.29, 0.717) is 34.4 Å². The summed E-state index contributed by atoms with van der Waals surface area (Å²) in [7, 11) is 0. The van der Waals surface area contributed by atoms with Crippen molar-refractivity contribution in [2.45, 2.75) is 25.9 Å². The number of hydrogen-bond acceptors (Lipinski definition) is 3. The average Bonchev–Trinajstić information content (AvgIpc) is 2.39. The fourth-order valence-corrected chi connectivity index (χ4v) is 2.64.